The highest BCUT2D eigenvalue weighted by atomic mass is 15.0. The zero-order valence-electron chi connectivity index (χ0n) is 13.6. The zero-order valence-corrected chi connectivity index (χ0v) is 13.6. The summed E-state index contributed by atoms with van der Waals surface area (Å²) in [6.07, 6.45) is 3.54. The highest BCUT2D eigenvalue weighted by molar-refractivity contribution is 5.68. The molecular weight excluding hydrogens is 274 g/mol. The first-order valence-electron chi connectivity index (χ1n) is 8.66. The Morgan fingerprint density at radius 1 is 0.500 bits per heavy atom. The van der Waals surface area contributed by atoms with Gasteiger partial charge in [-0.05, 0) is 44.5 Å². The van der Waals surface area contributed by atoms with E-state index in [4.69, 9.17) is 0 Å². The van der Waals surface area contributed by atoms with E-state index in [1.54, 1.807) is 0 Å². The molecule has 0 bridgehead atoms. The topological polar surface area (TPSA) is 60.1 Å². The van der Waals surface area contributed by atoms with E-state index in [-0.39, 0.29) is 0 Å². The van der Waals surface area contributed by atoms with Crippen LogP contribution in [0.25, 0.3) is 0 Å². The maximum Gasteiger partial charge on any atom is 0.0576 e. The second kappa shape index (κ2) is 11.3. The fourth-order valence-corrected chi connectivity index (χ4v) is 2.55. The van der Waals surface area contributed by atoms with Gasteiger partial charge in [0.05, 0.1) is 11.4 Å². The molecule has 0 radical (unpaired) electrons. The van der Waals surface area contributed by atoms with Crippen molar-refractivity contribution in [3.8, 4) is 0 Å². The van der Waals surface area contributed by atoms with E-state index in [1.807, 2.05) is 0 Å². The average Bonchev–Trinajstić information content (AvgIpc) is 2.55. The van der Waals surface area contributed by atoms with Crippen molar-refractivity contribution in [2.75, 3.05) is 63.0 Å². The molecule has 0 saturated carbocycles. The number of benzene rings is 1. The van der Waals surface area contributed by atoms with Gasteiger partial charge in [0.1, 0.15) is 0 Å². The Kier molecular flexibility index (Phi) is 8.76. The van der Waals surface area contributed by atoms with E-state index >= 15 is 0 Å². The summed E-state index contributed by atoms with van der Waals surface area (Å²) in [5.41, 5.74) is 2.43. The monoisotopic (exact) mass is 305 g/mol. The van der Waals surface area contributed by atoms with Crippen LogP contribution < -0.4 is 26.6 Å². The molecule has 0 fully saturated rings. The van der Waals surface area contributed by atoms with Crippen molar-refractivity contribution in [1.82, 2.24) is 16.0 Å². The normalized spacial score (nSPS) is 19.8. The summed E-state index contributed by atoms with van der Waals surface area (Å²) in [4.78, 5) is 0. The van der Waals surface area contributed by atoms with E-state index in [0.717, 1.165) is 58.8 Å². The van der Waals surface area contributed by atoms with Crippen LogP contribution in [0.3, 0.4) is 0 Å². The third-order valence-corrected chi connectivity index (χ3v) is 3.83. The van der Waals surface area contributed by atoms with Crippen molar-refractivity contribution >= 4 is 11.4 Å². The van der Waals surface area contributed by atoms with Gasteiger partial charge in [-0.25, -0.2) is 0 Å². The molecule has 1 aliphatic heterocycles. The molecule has 0 aromatic heterocycles. The van der Waals surface area contributed by atoms with Crippen LogP contribution in [0.2, 0.25) is 0 Å². The molecule has 5 heteroatoms. The van der Waals surface area contributed by atoms with Crippen LogP contribution >= 0.6 is 0 Å². The Morgan fingerprint density at radius 2 is 0.955 bits per heavy atom. The fraction of sp³-hybridized carbons (Fsp3) is 0.647. The molecule has 124 valence electrons. The molecule has 5 nitrogen and oxygen atoms in total. The van der Waals surface area contributed by atoms with Crippen molar-refractivity contribution in [2.24, 2.45) is 0 Å². The first kappa shape index (κ1) is 17.1. The van der Waals surface area contributed by atoms with Gasteiger partial charge in [0.2, 0.25) is 0 Å². The third-order valence-electron chi connectivity index (χ3n) is 3.83. The smallest absolute Gasteiger partial charge is 0.0576 e. The van der Waals surface area contributed by atoms with E-state index < -0.39 is 0 Å². The molecule has 0 amide bonds. The van der Waals surface area contributed by atoms with E-state index in [9.17, 15) is 0 Å². The van der Waals surface area contributed by atoms with Gasteiger partial charge in [0, 0.05) is 39.3 Å². The molecule has 22 heavy (non-hydrogen) atoms. The van der Waals surface area contributed by atoms with Crippen LogP contribution in [0.5, 0.6) is 0 Å². The summed E-state index contributed by atoms with van der Waals surface area (Å²) in [5.74, 6) is 0. The minimum Gasteiger partial charge on any atom is -0.383 e. The van der Waals surface area contributed by atoms with Crippen LogP contribution in [-0.2, 0) is 0 Å². The fourth-order valence-electron chi connectivity index (χ4n) is 2.55. The second-order valence-electron chi connectivity index (χ2n) is 5.71. The highest BCUT2D eigenvalue weighted by Crippen LogP contribution is 2.20. The summed E-state index contributed by atoms with van der Waals surface area (Å²) in [6.45, 7) is 8.38. The molecule has 5 N–H and O–H groups in total. The summed E-state index contributed by atoms with van der Waals surface area (Å²) in [6, 6.07) is 8.49. The van der Waals surface area contributed by atoms with E-state index in [1.165, 1.54) is 24.2 Å². The first-order chi connectivity index (χ1) is 11.0. The number of fused-ring (bicyclic) bond motifs is 1. The lowest BCUT2D eigenvalue weighted by Gasteiger charge is -2.14. The molecule has 0 spiro atoms. The van der Waals surface area contributed by atoms with Gasteiger partial charge in [-0.3, -0.25) is 0 Å². The van der Waals surface area contributed by atoms with Gasteiger partial charge < -0.3 is 26.6 Å². The lowest BCUT2D eigenvalue weighted by Crippen LogP contribution is -2.33. The van der Waals surface area contributed by atoms with Crippen LogP contribution in [0.15, 0.2) is 24.3 Å². The van der Waals surface area contributed by atoms with Gasteiger partial charge in [0.15, 0.2) is 0 Å². The van der Waals surface area contributed by atoms with Crippen molar-refractivity contribution in [3.05, 3.63) is 24.3 Å². The van der Waals surface area contributed by atoms with Crippen molar-refractivity contribution in [2.45, 2.75) is 19.3 Å². The molecular formula is C17H31N5. The largest absolute Gasteiger partial charge is 0.383 e. The third kappa shape index (κ3) is 7.11. The number of hydrogen-bond acceptors (Lipinski definition) is 5. The number of para-hydroxylation sites is 2. The molecule has 1 aromatic carbocycles. The van der Waals surface area contributed by atoms with Gasteiger partial charge in [-0.2, -0.15) is 0 Å². The standard InChI is InChI=1S/C17H31N5/c1-2-7-17-16(6-1)21-10-4-3-8-18-12-14-20-15-13-19-9-5-11-22-17/h1-2,6-7,18-22H,3-5,8-15H2. The van der Waals surface area contributed by atoms with E-state index in [2.05, 4.69) is 50.8 Å². The van der Waals surface area contributed by atoms with Crippen molar-refractivity contribution in [1.29, 1.82) is 0 Å². The molecule has 1 aliphatic rings. The maximum atomic E-state index is 3.55. The molecule has 0 aliphatic carbocycles. The Bertz CT molecular complexity index is 359. The predicted molar refractivity (Wildman–Crippen MR) is 95.9 cm³/mol. The lowest BCUT2D eigenvalue weighted by atomic mass is 10.2. The van der Waals surface area contributed by atoms with Gasteiger partial charge in [0.25, 0.3) is 0 Å². The zero-order chi connectivity index (χ0) is 15.3. The summed E-state index contributed by atoms with van der Waals surface area (Å²) in [7, 11) is 0. The summed E-state index contributed by atoms with van der Waals surface area (Å²) in [5, 5.41) is 17.5. The molecule has 0 saturated heterocycles. The van der Waals surface area contributed by atoms with Gasteiger partial charge >= 0.3 is 0 Å². The maximum absolute atomic E-state index is 3.55. The van der Waals surface area contributed by atoms with Gasteiger partial charge in [-0.1, -0.05) is 12.1 Å². The van der Waals surface area contributed by atoms with Crippen LogP contribution in [0, 0.1) is 0 Å². The first-order valence-corrected chi connectivity index (χ1v) is 8.66. The molecule has 0 unspecified atom stereocenters. The number of nitrogens with one attached hydrogen (secondary N) is 5. The summed E-state index contributed by atoms with van der Waals surface area (Å²) >= 11 is 0. The molecule has 1 aromatic rings. The Labute approximate surface area is 134 Å². The number of hydrogen-bond donors (Lipinski definition) is 5. The minimum atomic E-state index is 1.00. The lowest BCUT2D eigenvalue weighted by molar-refractivity contribution is 0.567. The predicted octanol–water partition coefficient (Wildman–Crippen LogP) is 1.46. The Hall–Kier alpha value is -1.30. The minimum absolute atomic E-state index is 1.00. The van der Waals surface area contributed by atoms with Crippen LogP contribution in [0.1, 0.15) is 19.3 Å². The Balaban J connectivity index is 1.79. The van der Waals surface area contributed by atoms with Gasteiger partial charge in [-0.15, -0.1) is 0 Å². The number of anilines is 2. The van der Waals surface area contributed by atoms with Crippen molar-refractivity contribution < 1.29 is 0 Å². The molecule has 0 atom stereocenters. The molecule has 1 heterocycles. The quantitative estimate of drug-likeness (QED) is 0.502. The van der Waals surface area contributed by atoms with Crippen LogP contribution in [0.4, 0.5) is 11.4 Å². The highest BCUT2D eigenvalue weighted by Gasteiger charge is 2.00. The van der Waals surface area contributed by atoms with Crippen LogP contribution in [-0.4, -0.2) is 52.4 Å². The molecule has 2 rings (SSSR count). The van der Waals surface area contributed by atoms with Crippen molar-refractivity contribution in [3.63, 3.8) is 0 Å². The Morgan fingerprint density at radius 3 is 1.59 bits per heavy atom. The second-order valence-corrected chi connectivity index (χ2v) is 5.71. The van der Waals surface area contributed by atoms with E-state index in [0.29, 0.717) is 0 Å². The SMILES string of the molecule is c1ccc2c(c1)NCCCCNCCNCCNCCCN2. The average molecular weight is 305 g/mol. The summed E-state index contributed by atoms with van der Waals surface area (Å²) < 4.78 is 0. The number of rotatable bonds is 0.